The topological polar surface area (TPSA) is 120 Å². The normalized spacial score (nSPS) is 11.6. The first-order valence-corrected chi connectivity index (χ1v) is 10.9. The van der Waals surface area contributed by atoms with Crippen molar-refractivity contribution in [1.29, 1.82) is 0 Å². The molecule has 0 bridgehead atoms. The van der Waals surface area contributed by atoms with Crippen molar-refractivity contribution in [2.75, 3.05) is 0 Å². The summed E-state index contributed by atoms with van der Waals surface area (Å²) in [4.78, 5) is 35.3. The Morgan fingerprint density at radius 3 is 2.53 bits per heavy atom. The van der Waals surface area contributed by atoms with E-state index < -0.39 is 22.9 Å². The maximum absolute atomic E-state index is 12.4. The monoisotopic (exact) mass is 545 g/mol. The number of ether oxygens (including phenoxy) is 2. The minimum atomic E-state index is -1.07. The first-order chi connectivity index (χ1) is 16.2. The lowest BCUT2D eigenvalue weighted by atomic mass is 10.2. The highest BCUT2D eigenvalue weighted by Crippen LogP contribution is 2.27. The van der Waals surface area contributed by atoms with Crippen LogP contribution in [0, 0.1) is 10.1 Å². The van der Waals surface area contributed by atoms with E-state index in [0.29, 0.717) is 20.6 Å². The molecule has 0 aliphatic carbocycles. The third kappa shape index (κ3) is 6.63. The van der Waals surface area contributed by atoms with E-state index in [1.165, 1.54) is 43.5 Å². The van der Waals surface area contributed by atoms with Gasteiger partial charge in [-0.2, -0.15) is 5.10 Å². The molecule has 0 fully saturated rings. The Bertz CT molecular complexity index is 1250. The molecule has 1 atom stereocenters. The number of hydrogen-bond donors (Lipinski definition) is 1. The van der Waals surface area contributed by atoms with E-state index in [2.05, 4.69) is 26.5 Å². The summed E-state index contributed by atoms with van der Waals surface area (Å²) >= 11 is 9.18. The van der Waals surface area contributed by atoms with E-state index in [0.717, 1.165) is 0 Å². The van der Waals surface area contributed by atoms with Crippen LogP contribution in [0.2, 0.25) is 5.02 Å². The predicted molar refractivity (Wildman–Crippen MR) is 129 cm³/mol. The Morgan fingerprint density at radius 2 is 1.82 bits per heavy atom. The van der Waals surface area contributed by atoms with Crippen molar-refractivity contribution in [2.45, 2.75) is 13.0 Å². The Labute approximate surface area is 207 Å². The molecular formula is C23H17BrClN3O6. The summed E-state index contributed by atoms with van der Waals surface area (Å²) in [6.45, 7) is 1.43. The highest BCUT2D eigenvalue weighted by Gasteiger charge is 2.20. The first kappa shape index (κ1) is 24.9. The fourth-order valence-corrected chi connectivity index (χ4v) is 3.17. The zero-order chi connectivity index (χ0) is 24.7. The highest BCUT2D eigenvalue weighted by atomic mass is 79.9. The number of amides is 1. The second kappa shape index (κ2) is 11.4. The standard InChI is InChI=1S/C23H17BrClN3O6/c1-14(33-21-5-3-2-4-19(21)28(31)32)22(29)27-26-13-16-12-17(24)8-11-20(16)34-23(30)15-6-9-18(25)10-7-15/h2-14H,1H3,(H,27,29)/b26-13-/t14-/m0/s1. The predicted octanol–water partition coefficient (Wildman–Crippen LogP) is 5.15. The molecule has 0 aromatic heterocycles. The summed E-state index contributed by atoms with van der Waals surface area (Å²) in [5, 5.41) is 15.5. The molecule has 0 saturated carbocycles. The molecule has 34 heavy (non-hydrogen) atoms. The molecule has 0 radical (unpaired) electrons. The number of carbonyl (C=O) groups excluding carboxylic acids is 2. The number of nitro benzene ring substituents is 1. The van der Waals surface area contributed by atoms with Gasteiger partial charge in [-0.3, -0.25) is 14.9 Å². The summed E-state index contributed by atoms with van der Waals surface area (Å²) in [5.74, 6) is -1.05. The summed E-state index contributed by atoms with van der Waals surface area (Å²) < 4.78 is 11.6. The van der Waals surface area contributed by atoms with E-state index in [-0.39, 0.29) is 17.2 Å². The van der Waals surface area contributed by atoms with Gasteiger partial charge < -0.3 is 9.47 Å². The van der Waals surface area contributed by atoms with Gasteiger partial charge in [-0.25, -0.2) is 10.2 Å². The number of benzene rings is 3. The number of para-hydroxylation sites is 2. The van der Waals surface area contributed by atoms with Gasteiger partial charge >= 0.3 is 11.7 Å². The minimum absolute atomic E-state index is 0.0393. The maximum Gasteiger partial charge on any atom is 0.343 e. The molecule has 0 saturated heterocycles. The zero-order valence-electron chi connectivity index (χ0n) is 17.6. The van der Waals surface area contributed by atoms with Gasteiger partial charge in [-0.15, -0.1) is 0 Å². The average molecular weight is 547 g/mol. The van der Waals surface area contributed by atoms with Gasteiger partial charge in [-0.05, 0) is 55.5 Å². The summed E-state index contributed by atoms with van der Waals surface area (Å²) in [6, 6.07) is 16.9. The molecule has 0 aliphatic rings. The largest absolute Gasteiger partial charge is 0.474 e. The van der Waals surface area contributed by atoms with Crippen LogP contribution in [0.3, 0.4) is 0 Å². The fraction of sp³-hybridized carbons (Fsp3) is 0.0870. The lowest BCUT2D eigenvalue weighted by molar-refractivity contribution is -0.386. The van der Waals surface area contributed by atoms with Crippen LogP contribution in [0.25, 0.3) is 0 Å². The third-order valence-corrected chi connectivity index (χ3v) is 5.11. The highest BCUT2D eigenvalue weighted by molar-refractivity contribution is 9.10. The smallest absolute Gasteiger partial charge is 0.343 e. The van der Waals surface area contributed by atoms with Crippen LogP contribution in [0.5, 0.6) is 11.5 Å². The van der Waals surface area contributed by atoms with Crippen LogP contribution in [-0.2, 0) is 4.79 Å². The number of nitrogens with one attached hydrogen (secondary N) is 1. The van der Waals surface area contributed by atoms with E-state index in [4.69, 9.17) is 21.1 Å². The van der Waals surface area contributed by atoms with Crippen molar-refractivity contribution >= 4 is 51.3 Å². The lowest BCUT2D eigenvalue weighted by Crippen LogP contribution is -2.33. The van der Waals surface area contributed by atoms with Crippen LogP contribution in [0.15, 0.2) is 76.3 Å². The van der Waals surface area contributed by atoms with Gasteiger partial charge in [0.25, 0.3) is 5.91 Å². The molecule has 11 heteroatoms. The van der Waals surface area contributed by atoms with Crippen molar-refractivity contribution in [2.24, 2.45) is 5.10 Å². The molecule has 3 aromatic rings. The van der Waals surface area contributed by atoms with Crippen LogP contribution < -0.4 is 14.9 Å². The number of hydrogen-bond acceptors (Lipinski definition) is 7. The van der Waals surface area contributed by atoms with E-state index in [9.17, 15) is 19.7 Å². The molecule has 174 valence electrons. The summed E-state index contributed by atoms with van der Waals surface area (Å²) in [6.07, 6.45) is 0.230. The quantitative estimate of drug-likeness (QED) is 0.137. The minimum Gasteiger partial charge on any atom is -0.474 e. The molecule has 0 aliphatic heterocycles. The van der Waals surface area contributed by atoms with Crippen molar-refractivity contribution in [3.05, 3.63) is 97.5 Å². The lowest BCUT2D eigenvalue weighted by Gasteiger charge is -2.13. The van der Waals surface area contributed by atoms with Crippen molar-refractivity contribution in [3.63, 3.8) is 0 Å². The Kier molecular flexibility index (Phi) is 8.34. The molecule has 0 spiro atoms. The van der Waals surface area contributed by atoms with E-state index in [1.807, 2.05) is 0 Å². The van der Waals surface area contributed by atoms with Crippen molar-refractivity contribution < 1.29 is 24.0 Å². The second-order valence-electron chi connectivity index (χ2n) is 6.80. The Hall–Kier alpha value is -3.76. The van der Waals surface area contributed by atoms with Gasteiger partial charge in [0, 0.05) is 21.1 Å². The van der Waals surface area contributed by atoms with E-state index >= 15 is 0 Å². The van der Waals surface area contributed by atoms with Crippen molar-refractivity contribution in [1.82, 2.24) is 5.43 Å². The Balaban J connectivity index is 1.67. The first-order valence-electron chi connectivity index (χ1n) is 9.75. The van der Waals surface area contributed by atoms with Crippen LogP contribution in [0.1, 0.15) is 22.8 Å². The molecule has 1 N–H and O–H groups in total. The molecule has 0 unspecified atom stereocenters. The number of nitro groups is 1. The number of hydrazone groups is 1. The molecule has 3 aromatic carbocycles. The average Bonchev–Trinajstić information content (AvgIpc) is 2.81. The maximum atomic E-state index is 12.4. The molecule has 1 amide bonds. The zero-order valence-corrected chi connectivity index (χ0v) is 19.9. The van der Waals surface area contributed by atoms with Gasteiger partial charge in [0.1, 0.15) is 5.75 Å². The Morgan fingerprint density at radius 1 is 1.12 bits per heavy atom. The van der Waals surface area contributed by atoms with Gasteiger partial charge in [0.05, 0.1) is 16.7 Å². The number of rotatable bonds is 8. The van der Waals surface area contributed by atoms with Crippen LogP contribution in [-0.4, -0.2) is 29.1 Å². The van der Waals surface area contributed by atoms with E-state index in [1.54, 1.807) is 36.4 Å². The number of esters is 1. The molecular weight excluding hydrogens is 530 g/mol. The summed E-state index contributed by atoms with van der Waals surface area (Å²) in [7, 11) is 0. The second-order valence-corrected chi connectivity index (χ2v) is 8.15. The van der Waals surface area contributed by atoms with Gasteiger partial charge in [0.15, 0.2) is 11.9 Å². The third-order valence-electron chi connectivity index (χ3n) is 4.37. The van der Waals surface area contributed by atoms with Crippen LogP contribution >= 0.6 is 27.5 Å². The molecule has 9 nitrogen and oxygen atoms in total. The van der Waals surface area contributed by atoms with Crippen molar-refractivity contribution in [3.8, 4) is 11.5 Å². The van der Waals surface area contributed by atoms with Gasteiger partial charge in [0.2, 0.25) is 0 Å². The van der Waals surface area contributed by atoms with Gasteiger partial charge in [-0.1, -0.05) is 39.7 Å². The summed E-state index contributed by atoms with van der Waals surface area (Å²) in [5.41, 5.74) is 2.76. The SMILES string of the molecule is C[C@H](Oc1ccccc1[N+](=O)[O-])C(=O)N/N=C\c1cc(Br)ccc1OC(=O)c1ccc(Cl)cc1. The number of carbonyl (C=O) groups is 2. The van der Waals surface area contributed by atoms with Crippen LogP contribution in [0.4, 0.5) is 5.69 Å². The molecule has 3 rings (SSSR count). The number of halogens is 2. The fourth-order valence-electron chi connectivity index (χ4n) is 2.67. The molecule has 0 heterocycles. The number of nitrogens with zero attached hydrogens (tertiary/aromatic N) is 2.